The van der Waals surface area contributed by atoms with E-state index in [1.165, 1.54) is 12.8 Å². The van der Waals surface area contributed by atoms with E-state index in [9.17, 15) is 8.42 Å². The Hall–Kier alpha value is -0.130. The van der Waals surface area contributed by atoms with Crippen LogP contribution in [0.5, 0.6) is 0 Å². The molecule has 4 nitrogen and oxygen atoms in total. The van der Waals surface area contributed by atoms with Crippen molar-refractivity contribution >= 4 is 10.0 Å². The second-order valence-electron chi connectivity index (χ2n) is 6.24. The maximum atomic E-state index is 12.1. The third kappa shape index (κ3) is 4.94. The highest BCUT2D eigenvalue weighted by Crippen LogP contribution is 2.21. The molecule has 0 heterocycles. The standard InChI is InChI=1S/C12H26N2O2S/c1-9(8-13-11-6-7-11)17(15,16)14-10(2)12(3,4)5/h9-11,13-14H,6-8H2,1-5H3. The first-order chi connectivity index (χ1) is 7.63. The van der Waals surface area contributed by atoms with Crippen molar-refractivity contribution in [1.82, 2.24) is 10.0 Å². The fraction of sp³-hybridized carbons (Fsp3) is 1.00. The summed E-state index contributed by atoms with van der Waals surface area (Å²) in [6.45, 7) is 10.3. The summed E-state index contributed by atoms with van der Waals surface area (Å²) in [5.74, 6) is 0. The Kier molecular flexibility index (Phi) is 4.60. The van der Waals surface area contributed by atoms with E-state index in [4.69, 9.17) is 0 Å². The van der Waals surface area contributed by atoms with Gasteiger partial charge in [-0.2, -0.15) is 0 Å². The quantitative estimate of drug-likeness (QED) is 0.762. The Morgan fingerprint density at radius 3 is 2.18 bits per heavy atom. The molecule has 1 rings (SSSR count). The van der Waals surface area contributed by atoms with Crippen LogP contribution >= 0.6 is 0 Å². The summed E-state index contributed by atoms with van der Waals surface area (Å²) in [7, 11) is -3.22. The second-order valence-corrected chi connectivity index (χ2v) is 8.37. The third-order valence-electron chi connectivity index (χ3n) is 3.44. The van der Waals surface area contributed by atoms with Crippen LogP contribution in [0.3, 0.4) is 0 Å². The van der Waals surface area contributed by atoms with Gasteiger partial charge in [-0.05, 0) is 32.1 Å². The van der Waals surface area contributed by atoms with Crippen molar-refractivity contribution in [2.24, 2.45) is 5.41 Å². The zero-order chi connectivity index (χ0) is 13.3. The first kappa shape index (κ1) is 14.9. The molecule has 2 atom stereocenters. The van der Waals surface area contributed by atoms with Gasteiger partial charge in [0.05, 0.1) is 5.25 Å². The van der Waals surface area contributed by atoms with Gasteiger partial charge in [0.15, 0.2) is 0 Å². The summed E-state index contributed by atoms with van der Waals surface area (Å²) in [6, 6.07) is 0.489. The highest BCUT2D eigenvalue weighted by molar-refractivity contribution is 7.90. The Morgan fingerprint density at radius 2 is 1.76 bits per heavy atom. The number of hydrogen-bond acceptors (Lipinski definition) is 3. The lowest BCUT2D eigenvalue weighted by Crippen LogP contribution is -2.47. The molecule has 0 aromatic carbocycles. The monoisotopic (exact) mass is 262 g/mol. The molecule has 0 aromatic rings. The minimum atomic E-state index is -3.22. The van der Waals surface area contributed by atoms with Crippen LogP contribution in [-0.2, 0) is 10.0 Å². The van der Waals surface area contributed by atoms with E-state index in [-0.39, 0.29) is 16.7 Å². The van der Waals surface area contributed by atoms with Crippen molar-refractivity contribution in [2.45, 2.75) is 64.8 Å². The van der Waals surface area contributed by atoms with Gasteiger partial charge in [-0.25, -0.2) is 13.1 Å². The molecule has 0 bridgehead atoms. The van der Waals surface area contributed by atoms with Crippen molar-refractivity contribution < 1.29 is 8.42 Å². The zero-order valence-electron chi connectivity index (χ0n) is 11.6. The molecule has 5 heteroatoms. The molecule has 0 spiro atoms. The Balaban J connectivity index is 2.48. The van der Waals surface area contributed by atoms with Crippen LogP contribution in [0.4, 0.5) is 0 Å². The molecule has 2 N–H and O–H groups in total. The highest BCUT2D eigenvalue weighted by Gasteiger charge is 2.29. The first-order valence-corrected chi connectivity index (χ1v) is 7.92. The lowest BCUT2D eigenvalue weighted by molar-refractivity contribution is 0.317. The molecule has 0 amide bonds. The van der Waals surface area contributed by atoms with E-state index in [0.717, 1.165) is 0 Å². The SMILES string of the molecule is CC(NS(=O)(=O)C(C)CNC1CC1)C(C)(C)C. The van der Waals surface area contributed by atoms with Crippen LogP contribution in [0.15, 0.2) is 0 Å². The topological polar surface area (TPSA) is 58.2 Å². The fourth-order valence-electron chi connectivity index (χ4n) is 1.27. The Morgan fingerprint density at radius 1 is 1.24 bits per heavy atom. The molecule has 1 saturated carbocycles. The molecular formula is C12H26N2O2S. The van der Waals surface area contributed by atoms with E-state index < -0.39 is 10.0 Å². The van der Waals surface area contributed by atoms with Gasteiger partial charge in [-0.1, -0.05) is 20.8 Å². The molecule has 17 heavy (non-hydrogen) atoms. The van der Waals surface area contributed by atoms with Gasteiger partial charge in [0.1, 0.15) is 0 Å². The van der Waals surface area contributed by atoms with Crippen molar-refractivity contribution in [3.8, 4) is 0 Å². The predicted molar refractivity (Wildman–Crippen MR) is 71.5 cm³/mol. The maximum Gasteiger partial charge on any atom is 0.215 e. The van der Waals surface area contributed by atoms with Crippen LogP contribution in [0.2, 0.25) is 0 Å². The van der Waals surface area contributed by atoms with Crippen LogP contribution in [0.25, 0.3) is 0 Å². The Labute approximate surface area is 106 Å². The summed E-state index contributed by atoms with van der Waals surface area (Å²) in [5, 5.41) is 2.87. The normalized spacial score (nSPS) is 21.2. The summed E-state index contributed by atoms with van der Waals surface area (Å²) in [4.78, 5) is 0. The molecule has 0 saturated heterocycles. The lowest BCUT2D eigenvalue weighted by atomic mass is 9.89. The predicted octanol–water partition coefficient (Wildman–Crippen LogP) is 1.48. The average molecular weight is 262 g/mol. The van der Waals surface area contributed by atoms with Crippen molar-refractivity contribution in [1.29, 1.82) is 0 Å². The van der Waals surface area contributed by atoms with E-state index in [1.807, 2.05) is 27.7 Å². The highest BCUT2D eigenvalue weighted by atomic mass is 32.2. The van der Waals surface area contributed by atoms with E-state index in [0.29, 0.717) is 12.6 Å². The fourth-order valence-corrected chi connectivity index (χ4v) is 2.66. The van der Waals surface area contributed by atoms with E-state index >= 15 is 0 Å². The van der Waals surface area contributed by atoms with Gasteiger partial charge in [-0.15, -0.1) is 0 Å². The number of nitrogens with one attached hydrogen (secondary N) is 2. The maximum absolute atomic E-state index is 12.1. The van der Waals surface area contributed by atoms with Crippen LogP contribution in [0.1, 0.15) is 47.5 Å². The molecule has 1 fully saturated rings. The van der Waals surface area contributed by atoms with Crippen molar-refractivity contribution in [3.05, 3.63) is 0 Å². The van der Waals surface area contributed by atoms with Gasteiger partial charge in [0, 0.05) is 18.6 Å². The number of hydrogen-bond donors (Lipinski definition) is 2. The lowest BCUT2D eigenvalue weighted by Gasteiger charge is -2.29. The van der Waals surface area contributed by atoms with Crippen molar-refractivity contribution in [3.63, 3.8) is 0 Å². The van der Waals surface area contributed by atoms with Gasteiger partial charge in [0.25, 0.3) is 0 Å². The third-order valence-corrected chi connectivity index (χ3v) is 5.35. The molecule has 0 aromatic heterocycles. The zero-order valence-corrected chi connectivity index (χ0v) is 12.4. The number of rotatable bonds is 6. The molecule has 1 aliphatic carbocycles. The Bertz CT molecular complexity index is 342. The summed E-state index contributed by atoms with van der Waals surface area (Å²) in [6.07, 6.45) is 2.36. The van der Waals surface area contributed by atoms with Gasteiger partial charge in [-0.3, -0.25) is 0 Å². The molecule has 102 valence electrons. The molecule has 1 aliphatic rings. The largest absolute Gasteiger partial charge is 0.313 e. The number of sulfonamides is 1. The van der Waals surface area contributed by atoms with Crippen LogP contribution in [0, 0.1) is 5.41 Å². The molecule has 0 radical (unpaired) electrons. The second kappa shape index (κ2) is 5.24. The van der Waals surface area contributed by atoms with Gasteiger partial charge in [0.2, 0.25) is 10.0 Å². The van der Waals surface area contributed by atoms with Gasteiger partial charge < -0.3 is 5.32 Å². The molecule has 0 aliphatic heterocycles. The van der Waals surface area contributed by atoms with E-state index in [1.54, 1.807) is 6.92 Å². The van der Waals surface area contributed by atoms with Gasteiger partial charge >= 0.3 is 0 Å². The minimum Gasteiger partial charge on any atom is -0.313 e. The summed E-state index contributed by atoms with van der Waals surface area (Å²) >= 11 is 0. The first-order valence-electron chi connectivity index (χ1n) is 6.37. The minimum absolute atomic E-state index is 0.0588. The van der Waals surface area contributed by atoms with E-state index in [2.05, 4.69) is 10.0 Å². The van der Waals surface area contributed by atoms with Crippen LogP contribution < -0.4 is 10.0 Å². The van der Waals surface area contributed by atoms with Crippen molar-refractivity contribution in [2.75, 3.05) is 6.54 Å². The summed E-state index contributed by atoms with van der Waals surface area (Å²) in [5.41, 5.74) is -0.0588. The average Bonchev–Trinajstić information content (AvgIpc) is 2.95. The molecule has 2 unspecified atom stereocenters. The smallest absolute Gasteiger partial charge is 0.215 e. The molecular weight excluding hydrogens is 236 g/mol. The van der Waals surface area contributed by atoms with Crippen LogP contribution in [-0.4, -0.2) is 32.3 Å². The summed E-state index contributed by atoms with van der Waals surface area (Å²) < 4.78 is 26.9.